The summed E-state index contributed by atoms with van der Waals surface area (Å²) >= 11 is 0. The Bertz CT molecular complexity index is 184. The van der Waals surface area contributed by atoms with Gasteiger partial charge in [0.25, 0.3) is 0 Å². The van der Waals surface area contributed by atoms with Crippen LogP contribution in [0.3, 0.4) is 0 Å². The molecule has 0 aromatic rings. The minimum absolute atomic E-state index is 0.279. The number of rotatable bonds is 10. The van der Waals surface area contributed by atoms with Crippen molar-refractivity contribution in [2.45, 2.75) is 52.4 Å². The number of nitrogens with two attached hydrogens (primary N) is 1. The second-order valence-electron chi connectivity index (χ2n) is 4.19. The Balaban J connectivity index is 3.40. The minimum Gasteiger partial charge on any atom is -0.409 e. The summed E-state index contributed by atoms with van der Waals surface area (Å²) in [5.41, 5.74) is 5.35. The number of ether oxygens (including phenoxy) is 1. The summed E-state index contributed by atoms with van der Waals surface area (Å²) in [4.78, 5) is 0. The van der Waals surface area contributed by atoms with Crippen LogP contribution in [0.4, 0.5) is 0 Å². The van der Waals surface area contributed by atoms with Crippen molar-refractivity contribution in [2.75, 3.05) is 13.2 Å². The van der Waals surface area contributed by atoms with Crippen molar-refractivity contribution in [2.24, 2.45) is 16.8 Å². The van der Waals surface area contributed by atoms with Crippen LogP contribution in [0.25, 0.3) is 0 Å². The molecule has 0 rings (SSSR count). The number of oxime groups is 1. The topological polar surface area (TPSA) is 67.8 Å². The number of amidine groups is 1. The smallest absolute Gasteiger partial charge is 0.139 e. The quantitative estimate of drug-likeness (QED) is 0.199. The van der Waals surface area contributed by atoms with Gasteiger partial charge in [-0.05, 0) is 18.8 Å². The lowest BCUT2D eigenvalue weighted by atomic mass is 10.0. The van der Waals surface area contributed by atoms with Gasteiger partial charge in [-0.2, -0.15) is 0 Å². The Hall–Kier alpha value is -0.770. The van der Waals surface area contributed by atoms with Crippen molar-refractivity contribution in [1.29, 1.82) is 0 Å². The molecule has 0 aromatic heterocycles. The van der Waals surface area contributed by atoms with Crippen LogP contribution in [0.5, 0.6) is 0 Å². The van der Waals surface area contributed by atoms with Crippen LogP contribution in [0.1, 0.15) is 52.4 Å². The number of nitrogens with zero attached hydrogens (tertiary/aromatic N) is 1. The third-order valence-electron chi connectivity index (χ3n) is 2.75. The van der Waals surface area contributed by atoms with Crippen molar-refractivity contribution in [1.82, 2.24) is 0 Å². The maximum atomic E-state index is 8.34. The summed E-state index contributed by atoms with van der Waals surface area (Å²) < 4.78 is 5.59. The third-order valence-corrected chi connectivity index (χ3v) is 2.75. The first-order chi connectivity index (χ1) is 7.74. The van der Waals surface area contributed by atoms with Crippen LogP contribution in [0, 0.1) is 5.92 Å². The Morgan fingerprint density at radius 2 is 2.12 bits per heavy atom. The predicted molar refractivity (Wildman–Crippen MR) is 66.8 cm³/mol. The summed E-state index contributed by atoms with van der Waals surface area (Å²) in [6, 6.07) is 0. The highest BCUT2D eigenvalue weighted by Crippen LogP contribution is 2.12. The summed E-state index contributed by atoms with van der Waals surface area (Å²) in [5, 5.41) is 11.3. The average molecular weight is 230 g/mol. The van der Waals surface area contributed by atoms with E-state index in [2.05, 4.69) is 19.0 Å². The standard InChI is InChI=1S/C12H26N2O2/c1-3-5-7-11(4-2)10-16-9-6-8-12(13)14-15/h11,15H,3-10H2,1-2H3,(H2,13,14). The van der Waals surface area contributed by atoms with Crippen molar-refractivity contribution in [3.63, 3.8) is 0 Å². The van der Waals surface area contributed by atoms with Gasteiger partial charge < -0.3 is 15.7 Å². The molecule has 0 fully saturated rings. The van der Waals surface area contributed by atoms with E-state index in [0.29, 0.717) is 18.9 Å². The molecular weight excluding hydrogens is 204 g/mol. The zero-order valence-corrected chi connectivity index (χ0v) is 10.6. The van der Waals surface area contributed by atoms with Crippen molar-refractivity contribution >= 4 is 5.84 Å². The summed E-state index contributed by atoms with van der Waals surface area (Å²) in [7, 11) is 0. The van der Waals surface area contributed by atoms with Gasteiger partial charge in [0, 0.05) is 19.6 Å². The molecule has 0 amide bonds. The van der Waals surface area contributed by atoms with Gasteiger partial charge in [0.1, 0.15) is 5.84 Å². The second-order valence-corrected chi connectivity index (χ2v) is 4.19. The Morgan fingerprint density at radius 1 is 1.38 bits per heavy atom. The fraction of sp³-hybridized carbons (Fsp3) is 0.917. The molecule has 96 valence electrons. The first-order valence-electron chi connectivity index (χ1n) is 6.28. The predicted octanol–water partition coefficient (Wildman–Crippen LogP) is 2.75. The molecule has 4 heteroatoms. The molecule has 1 unspecified atom stereocenters. The zero-order valence-electron chi connectivity index (χ0n) is 10.6. The molecule has 1 atom stereocenters. The summed E-state index contributed by atoms with van der Waals surface area (Å²) in [6.45, 7) is 5.95. The lowest BCUT2D eigenvalue weighted by molar-refractivity contribution is 0.0930. The fourth-order valence-electron chi connectivity index (χ4n) is 1.55. The lowest BCUT2D eigenvalue weighted by Crippen LogP contribution is -2.14. The Kier molecular flexibility index (Phi) is 10.2. The van der Waals surface area contributed by atoms with E-state index in [9.17, 15) is 0 Å². The molecular formula is C12H26N2O2. The van der Waals surface area contributed by atoms with Gasteiger partial charge in [-0.3, -0.25) is 0 Å². The maximum absolute atomic E-state index is 8.34. The van der Waals surface area contributed by atoms with Gasteiger partial charge in [-0.15, -0.1) is 0 Å². The average Bonchev–Trinajstić information content (AvgIpc) is 2.32. The molecule has 0 aromatic carbocycles. The number of hydrogen-bond donors (Lipinski definition) is 2. The molecule has 0 heterocycles. The van der Waals surface area contributed by atoms with E-state index in [1.54, 1.807) is 0 Å². The van der Waals surface area contributed by atoms with Gasteiger partial charge in [-0.1, -0.05) is 38.3 Å². The van der Waals surface area contributed by atoms with E-state index in [4.69, 9.17) is 15.7 Å². The molecule has 0 aliphatic heterocycles. The summed E-state index contributed by atoms with van der Waals surface area (Å²) in [6.07, 6.45) is 6.39. The van der Waals surface area contributed by atoms with Crippen molar-refractivity contribution < 1.29 is 9.94 Å². The normalized spacial score (nSPS) is 14.0. The highest BCUT2D eigenvalue weighted by molar-refractivity contribution is 5.79. The summed E-state index contributed by atoms with van der Waals surface area (Å²) in [5.74, 6) is 0.963. The van der Waals surface area contributed by atoms with E-state index in [0.717, 1.165) is 13.0 Å². The Labute approximate surface area is 98.9 Å². The van der Waals surface area contributed by atoms with Crippen LogP contribution in [-0.4, -0.2) is 24.3 Å². The fourth-order valence-corrected chi connectivity index (χ4v) is 1.55. The molecule has 0 saturated heterocycles. The van der Waals surface area contributed by atoms with Crippen molar-refractivity contribution in [3.8, 4) is 0 Å². The van der Waals surface area contributed by atoms with Gasteiger partial charge in [0.15, 0.2) is 0 Å². The monoisotopic (exact) mass is 230 g/mol. The lowest BCUT2D eigenvalue weighted by Gasteiger charge is -2.14. The molecule has 0 spiro atoms. The molecule has 0 bridgehead atoms. The van der Waals surface area contributed by atoms with Crippen LogP contribution >= 0.6 is 0 Å². The van der Waals surface area contributed by atoms with Crippen LogP contribution in [-0.2, 0) is 4.74 Å². The molecule has 0 saturated carbocycles. The zero-order chi connectivity index (χ0) is 12.2. The molecule has 0 radical (unpaired) electrons. The molecule has 3 N–H and O–H groups in total. The van der Waals surface area contributed by atoms with E-state index >= 15 is 0 Å². The SMILES string of the molecule is CCCCC(CC)COCCC/C(N)=N/O. The number of hydrogen-bond acceptors (Lipinski definition) is 3. The van der Waals surface area contributed by atoms with E-state index < -0.39 is 0 Å². The van der Waals surface area contributed by atoms with Gasteiger partial charge in [0.2, 0.25) is 0 Å². The molecule has 0 aliphatic rings. The van der Waals surface area contributed by atoms with Crippen molar-refractivity contribution in [3.05, 3.63) is 0 Å². The highest BCUT2D eigenvalue weighted by atomic mass is 16.5. The van der Waals surface area contributed by atoms with Gasteiger partial charge >= 0.3 is 0 Å². The first kappa shape index (κ1) is 15.2. The molecule has 4 nitrogen and oxygen atoms in total. The third kappa shape index (κ3) is 8.53. The highest BCUT2D eigenvalue weighted by Gasteiger charge is 2.05. The van der Waals surface area contributed by atoms with Gasteiger partial charge in [0.05, 0.1) is 0 Å². The van der Waals surface area contributed by atoms with Crippen LogP contribution < -0.4 is 5.73 Å². The largest absolute Gasteiger partial charge is 0.409 e. The molecule has 16 heavy (non-hydrogen) atoms. The van der Waals surface area contributed by atoms with E-state index in [-0.39, 0.29) is 5.84 Å². The maximum Gasteiger partial charge on any atom is 0.139 e. The Morgan fingerprint density at radius 3 is 2.69 bits per heavy atom. The van der Waals surface area contributed by atoms with Gasteiger partial charge in [-0.25, -0.2) is 0 Å². The van der Waals surface area contributed by atoms with Crippen LogP contribution in [0.2, 0.25) is 0 Å². The first-order valence-corrected chi connectivity index (χ1v) is 6.28. The second kappa shape index (κ2) is 10.7. The molecule has 0 aliphatic carbocycles. The van der Waals surface area contributed by atoms with Crippen LogP contribution in [0.15, 0.2) is 5.16 Å². The van der Waals surface area contributed by atoms with E-state index in [1.807, 2.05) is 0 Å². The number of unbranched alkanes of at least 4 members (excludes halogenated alkanes) is 1. The van der Waals surface area contributed by atoms with E-state index in [1.165, 1.54) is 25.7 Å². The minimum atomic E-state index is 0.279.